The van der Waals surface area contributed by atoms with Crippen LogP contribution in [0.2, 0.25) is 0 Å². The van der Waals surface area contributed by atoms with Crippen LogP contribution in [0.15, 0.2) is 66.7 Å². The van der Waals surface area contributed by atoms with Crippen molar-refractivity contribution >= 4 is 17.6 Å². The number of unbranched alkanes of at least 4 members (excludes halogenated alkanes) is 1. The minimum atomic E-state index is -1.33. The first-order valence-corrected chi connectivity index (χ1v) is 12.0. The van der Waals surface area contributed by atoms with Gasteiger partial charge in [0.15, 0.2) is 0 Å². The fourth-order valence-corrected chi connectivity index (χ4v) is 4.44. The molecule has 1 saturated carbocycles. The molecule has 0 aliphatic heterocycles. The predicted octanol–water partition coefficient (Wildman–Crippen LogP) is 6.26. The molecule has 0 radical (unpaired) electrons. The molecule has 35 heavy (non-hydrogen) atoms. The Bertz CT molecular complexity index is 1190. The molecule has 1 fully saturated rings. The molecule has 0 amide bonds. The molecule has 0 spiro atoms. The van der Waals surface area contributed by atoms with Gasteiger partial charge in [-0.1, -0.05) is 61.9 Å². The fourth-order valence-electron chi connectivity index (χ4n) is 4.44. The van der Waals surface area contributed by atoms with Crippen molar-refractivity contribution in [2.45, 2.75) is 39.2 Å². The third-order valence-corrected chi connectivity index (χ3v) is 6.67. The minimum absolute atomic E-state index is 0.0173. The molecule has 3 aromatic carbocycles. The van der Waals surface area contributed by atoms with Crippen molar-refractivity contribution in [3.63, 3.8) is 0 Å². The van der Waals surface area contributed by atoms with Crippen molar-refractivity contribution in [3.05, 3.63) is 89.2 Å². The van der Waals surface area contributed by atoms with E-state index in [9.17, 15) is 24.2 Å². The third kappa shape index (κ3) is 6.07. The summed E-state index contributed by atoms with van der Waals surface area (Å²) in [7, 11) is 0. The van der Waals surface area contributed by atoms with Crippen LogP contribution < -0.4 is 4.90 Å². The monoisotopic (exact) mass is 475 g/mol. The number of halogens is 1. The van der Waals surface area contributed by atoms with Crippen LogP contribution in [0.4, 0.5) is 10.1 Å². The summed E-state index contributed by atoms with van der Waals surface area (Å²) < 4.78 is 14.0. The van der Waals surface area contributed by atoms with Crippen molar-refractivity contribution in [2.24, 2.45) is 11.8 Å². The lowest BCUT2D eigenvalue weighted by Gasteiger charge is -2.26. The molecule has 2 N–H and O–H groups in total. The van der Waals surface area contributed by atoms with Gasteiger partial charge in [-0.05, 0) is 65.6 Å². The highest BCUT2D eigenvalue weighted by Gasteiger charge is 2.44. The second kappa shape index (κ2) is 10.7. The van der Waals surface area contributed by atoms with Crippen molar-refractivity contribution < 1.29 is 24.2 Å². The predicted molar refractivity (Wildman–Crippen MR) is 134 cm³/mol. The van der Waals surface area contributed by atoms with Gasteiger partial charge in [-0.25, -0.2) is 9.18 Å². The maximum atomic E-state index is 14.0. The molecule has 2 unspecified atom stereocenters. The van der Waals surface area contributed by atoms with Gasteiger partial charge < -0.3 is 15.1 Å². The molecule has 6 heteroatoms. The number of hydrogen-bond acceptors (Lipinski definition) is 3. The van der Waals surface area contributed by atoms with E-state index < -0.39 is 23.3 Å². The van der Waals surface area contributed by atoms with Crippen LogP contribution in [0.25, 0.3) is 11.1 Å². The first kappa shape index (κ1) is 24.5. The van der Waals surface area contributed by atoms with Gasteiger partial charge in [-0.3, -0.25) is 4.79 Å². The zero-order valence-electron chi connectivity index (χ0n) is 19.8. The second-order valence-corrected chi connectivity index (χ2v) is 9.29. The lowest BCUT2D eigenvalue weighted by Crippen LogP contribution is -2.26. The Kier molecular flexibility index (Phi) is 7.49. The van der Waals surface area contributed by atoms with E-state index in [1.54, 1.807) is 6.07 Å². The van der Waals surface area contributed by atoms with Gasteiger partial charge in [0.05, 0.1) is 11.5 Å². The van der Waals surface area contributed by atoms with Crippen LogP contribution in [0.1, 0.15) is 47.7 Å². The van der Waals surface area contributed by atoms with Crippen molar-refractivity contribution in [1.29, 1.82) is 0 Å². The number of anilines is 1. The summed E-state index contributed by atoms with van der Waals surface area (Å²) >= 11 is 0. The summed E-state index contributed by atoms with van der Waals surface area (Å²) in [6.07, 6.45) is 4.03. The largest absolute Gasteiger partial charge is 0.481 e. The van der Waals surface area contributed by atoms with Crippen molar-refractivity contribution in [3.8, 4) is 11.1 Å². The Morgan fingerprint density at radius 1 is 0.943 bits per heavy atom. The van der Waals surface area contributed by atoms with E-state index in [0.717, 1.165) is 29.2 Å². The van der Waals surface area contributed by atoms with E-state index in [2.05, 4.69) is 43.3 Å². The van der Waals surface area contributed by atoms with Crippen LogP contribution in [-0.2, 0) is 17.8 Å². The molecule has 0 aromatic heterocycles. The Morgan fingerprint density at radius 3 is 2.11 bits per heavy atom. The SMILES string of the molecule is CCCCc1ccc(-c2ccc(CN(CC3CC3C(=O)O)c3ccc(F)c(C(=O)O)c3)cc2)cc1. The van der Waals surface area contributed by atoms with Crippen LogP contribution in [0, 0.1) is 17.7 Å². The molecule has 0 bridgehead atoms. The molecule has 4 rings (SSSR count). The Balaban J connectivity index is 1.52. The molecule has 1 aliphatic carbocycles. The van der Waals surface area contributed by atoms with Crippen LogP contribution in [0.3, 0.4) is 0 Å². The van der Waals surface area contributed by atoms with E-state index in [-0.39, 0.29) is 11.8 Å². The third-order valence-electron chi connectivity index (χ3n) is 6.67. The normalized spacial score (nSPS) is 16.6. The average Bonchev–Trinajstić information content (AvgIpc) is 3.63. The summed E-state index contributed by atoms with van der Waals surface area (Å²) in [5.41, 5.74) is 4.75. The number of benzene rings is 3. The highest BCUT2D eigenvalue weighted by Crippen LogP contribution is 2.40. The van der Waals surface area contributed by atoms with Crippen LogP contribution >= 0.6 is 0 Å². The Hall–Kier alpha value is -3.67. The van der Waals surface area contributed by atoms with E-state index >= 15 is 0 Å². The summed E-state index contributed by atoms with van der Waals surface area (Å²) in [5, 5.41) is 18.6. The Labute approximate surface area is 204 Å². The maximum absolute atomic E-state index is 14.0. The molecule has 1 aliphatic rings. The number of nitrogens with zero attached hydrogens (tertiary/aromatic N) is 1. The molecule has 3 aromatic rings. The summed E-state index contributed by atoms with van der Waals surface area (Å²) in [6, 6.07) is 20.8. The molecule has 182 valence electrons. The topological polar surface area (TPSA) is 77.8 Å². The van der Waals surface area contributed by atoms with E-state index in [4.69, 9.17) is 0 Å². The molecule has 0 saturated heterocycles. The average molecular weight is 476 g/mol. The number of carbonyl (C=O) groups is 2. The summed E-state index contributed by atoms with van der Waals surface area (Å²) in [5.74, 6) is -3.34. The van der Waals surface area contributed by atoms with Crippen molar-refractivity contribution in [2.75, 3.05) is 11.4 Å². The maximum Gasteiger partial charge on any atom is 0.338 e. The number of carboxylic acid groups (broad SMARTS) is 2. The van der Waals surface area contributed by atoms with E-state index in [1.807, 2.05) is 17.0 Å². The van der Waals surface area contributed by atoms with Gasteiger partial charge in [0.25, 0.3) is 0 Å². The number of aryl methyl sites for hydroxylation is 1. The van der Waals surface area contributed by atoms with Gasteiger partial charge in [0.2, 0.25) is 0 Å². The molecular weight excluding hydrogens is 445 g/mol. The molecular formula is C29H30FNO4. The summed E-state index contributed by atoms with van der Waals surface area (Å²) in [6.45, 7) is 3.11. The number of hydrogen-bond donors (Lipinski definition) is 2. The zero-order valence-corrected chi connectivity index (χ0v) is 19.8. The highest BCUT2D eigenvalue weighted by atomic mass is 19.1. The lowest BCUT2D eigenvalue weighted by molar-refractivity contribution is -0.138. The van der Waals surface area contributed by atoms with E-state index in [0.29, 0.717) is 25.2 Å². The van der Waals surface area contributed by atoms with Gasteiger partial charge in [-0.2, -0.15) is 0 Å². The van der Waals surface area contributed by atoms with Crippen LogP contribution in [0.5, 0.6) is 0 Å². The van der Waals surface area contributed by atoms with Gasteiger partial charge in [0.1, 0.15) is 5.82 Å². The van der Waals surface area contributed by atoms with Crippen LogP contribution in [-0.4, -0.2) is 28.7 Å². The molecule has 5 nitrogen and oxygen atoms in total. The highest BCUT2D eigenvalue weighted by molar-refractivity contribution is 5.89. The number of aliphatic carboxylic acids is 1. The molecule has 2 atom stereocenters. The fraction of sp³-hybridized carbons (Fsp3) is 0.310. The number of carboxylic acids is 2. The standard InChI is InChI=1S/C29H30FNO4/c1-2-3-4-19-5-9-21(10-6-19)22-11-7-20(8-12-22)17-31(18-23-15-25(23)28(32)33)24-13-14-27(30)26(16-24)29(34)35/h5-14,16,23,25H,2-4,15,17-18H2,1H3,(H,32,33)(H,34,35). The number of rotatable bonds is 11. The van der Waals surface area contributed by atoms with Crippen molar-refractivity contribution in [1.82, 2.24) is 0 Å². The zero-order chi connectivity index (χ0) is 24.9. The first-order valence-electron chi connectivity index (χ1n) is 12.0. The first-order chi connectivity index (χ1) is 16.9. The quantitative estimate of drug-likeness (QED) is 0.342. The second-order valence-electron chi connectivity index (χ2n) is 9.29. The molecule has 0 heterocycles. The summed E-state index contributed by atoms with van der Waals surface area (Å²) in [4.78, 5) is 24.7. The lowest BCUT2D eigenvalue weighted by atomic mass is 10.0. The van der Waals surface area contributed by atoms with E-state index in [1.165, 1.54) is 24.5 Å². The minimum Gasteiger partial charge on any atom is -0.481 e. The van der Waals surface area contributed by atoms with Gasteiger partial charge in [-0.15, -0.1) is 0 Å². The Morgan fingerprint density at radius 2 is 1.57 bits per heavy atom. The van der Waals surface area contributed by atoms with Gasteiger partial charge >= 0.3 is 11.9 Å². The number of aromatic carboxylic acids is 1. The smallest absolute Gasteiger partial charge is 0.338 e. The van der Waals surface area contributed by atoms with Gasteiger partial charge in [0, 0.05) is 18.8 Å².